The van der Waals surface area contributed by atoms with Gasteiger partial charge < -0.3 is 5.32 Å². The lowest BCUT2D eigenvalue weighted by Gasteiger charge is -2.07. The van der Waals surface area contributed by atoms with Gasteiger partial charge in [-0.25, -0.2) is 8.78 Å². The summed E-state index contributed by atoms with van der Waals surface area (Å²) >= 11 is 0. The van der Waals surface area contributed by atoms with Crippen molar-refractivity contribution >= 4 is 16.7 Å². The van der Waals surface area contributed by atoms with Crippen LogP contribution in [0.1, 0.15) is 15.9 Å². The highest BCUT2D eigenvalue weighted by molar-refractivity contribution is 7.84. The third-order valence-electron chi connectivity index (χ3n) is 2.98. The predicted molar refractivity (Wildman–Crippen MR) is 81.8 cm³/mol. The van der Waals surface area contributed by atoms with E-state index >= 15 is 0 Å². The first-order chi connectivity index (χ1) is 10.6. The molecule has 1 unspecified atom stereocenters. The molecule has 0 spiro atoms. The minimum Gasteiger partial charge on any atom is -0.351 e. The number of rotatable bonds is 6. The quantitative estimate of drug-likeness (QED) is 0.888. The van der Waals surface area contributed by atoms with E-state index < -0.39 is 33.9 Å². The van der Waals surface area contributed by atoms with Gasteiger partial charge in [0.05, 0.1) is 0 Å². The number of benzene rings is 2. The van der Waals surface area contributed by atoms with E-state index in [9.17, 15) is 17.8 Å². The van der Waals surface area contributed by atoms with Crippen molar-refractivity contribution in [2.45, 2.75) is 5.75 Å². The first kappa shape index (κ1) is 16.3. The van der Waals surface area contributed by atoms with Crippen LogP contribution >= 0.6 is 0 Å². The highest BCUT2D eigenvalue weighted by atomic mass is 32.2. The van der Waals surface area contributed by atoms with Crippen molar-refractivity contribution in [3.8, 4) is 0 Å². The average molecular weight is 323 g/mol. The van der Waals surface area contributed by atoms with Gasteiger partial charge in [0, 0.05) is 28.9 Å². The van der Waals surface area contributed by atoms with Crippen molar-refractivity contribution in [1.29, 1.82) is 0 Å². The Kier molecular flexibility index (Phi) is 5.77. The molecule has 2 aromatic rings. The van der Waals surface area contributed by atoms with E-state index in [-0.39, 0.29) is 12.3 Å². The summed E-state index contributed by atoms with van der Waals surface area (Å²) in [5, 5.41) is 2.39. The number of halogens is 2. The van der Waals surface area contributed by atoms with Gasteiger partial charge >= 0.3 is 0 Å². The zero-order chi connectivity index (χ0) is 15.9. The van der Waals surface area contributed by atoms with Crippen LogP contribution in [0.3, 0.4) is 0 Å². The van der Waals surface area contributed by atoms with Gasteiger partial charge in [-0.3, -0.25) is 9.00 Å². The fourth-order valence-electron chi connectivity index (χ4n) is 1.91. The van der Waals surface area contributed by atoms with Crippen molar-refractivity contribution in [1.82, 2.24) is 5.32 Å². The van der Waals surface area contributed by atoms with Crippen LogP contribution < -0.4 is 5.32 Å². The first-order valence-corrected chi connectivity index (χ1v) is 8.18. The molecular weight excluding hydrogens is 308 g/mol. The monoisotopic (exact) mass is 323 g/mol. The van der Waals surface area contributed by atoms with Gasteiger partial charge in [-0.1, -0.05) is 36.4 Å². The van der Waals surface area contributed by atoms with Gasteiger partial charge in [0.1, 0.15) is 17.2 Å². The molecule has 0 aliphatic rings. The van der Waals surface area contributed by atoms with Gasteiger partial charge in [0.15, 0.2) is 0 Å². The molecule has 3 nitrogen and oxygen atoms in total. The lowest BCUT2D eigenvalue weighted by atomic mass is 10.2. The largest absolute Gasteiger partial charge is 0.351 e. The number of carbonyl (C=O) groups excluding carboxylic acids is 1. The number of nitrogens with one attached hydrogen (secondary N) is 1. The summed E-state index contributed by atoms with van der Waals surface area (Å²) in [6.07, 6.45) is 0. The van der Waals surface area contributed by atoms with Crippen LogP contribution in [0.5, 0.6) is 0 Å². The third kappa shape index (κ3) is 4.46. The molecule has 22 heavy (non-hydrogen) atoms. The Balaban J connectivity index is 1.83. The second-order valence-corrected chi connectivity index (χ2v) is 6.20. The molecule has 2 aromatic carbocycles. The van der Waals surface area contributed by atoms with Gasteiger partial charge in [0.25, 0.3) is 5.91 Å². The normalized spacial score (nSPS) is 11.9. The smallest absolute Gasteiger partial charge is 0.257 e. The second-order valence-electron chi connectivity index (χ2n) is 4.63. The molecule has 0 fully saturated rings. The maximum Gasteiger partial charge on any atom is 0.257 e. The Morgan fingerprint density at radius 2 is 1.64 bits per heavy atom. The maximum absolute atomic E-state index is 13.4. The average Bonchev–Trinajstić information content (AvgIpc) is 2.48. The molecule has 0 aliphatic heterocycles. The van der Waals surface area contributed by atoms with Crippen LogP contribution in [0, 0.1) is 11.6 Å². The summed E-state index contributed by atoms with van der Waals surface area (Å²) in [6, 6.07) is 12.5. The minimum atomic E-state index is -1.16. The summed E-state index contributed by atoms with van der Waals surface area (Å²) in [5.41, 5.74) is 0.323. The Hall–Kier alpha value is -2.08. The SMILES string of the molecule is O=C(NCCS(=O)Cc1ccccc1)c1c(F)cccc1F. The van der Waals surface area contributed by atoms with Crippen molar-refractivity contribution < 1.29 is 17.8 Å². The maximum atomic E-state index is 13.4. The summed E-state index contributed by atoms with van der Waals surface area (Å²) < 4.78 is 38.7. The molecule has 1 atom stereocenters. The van der Waals surface area contributed by atoms with Crippen LogP contribution in [-0.4, -0.2) is 22.4 Å². The van der Waals surface area contributed by atoms with Crippen molar-refractivity contribution in [3.05, 3.63) is 71.3 Å². The lowest BCUT2D eigenvalue weighted by molar-refractivity contribution is 0.0947. The Morgan fingerprint density at radius 3 is 2.27 bits per heavy atom. The zero-order valence-electron chi connectivity index (χ0n) is 11.7. The van der Waals surface area contributed by atoms with Crippen LogP contribution in [0.25, 0.3) is 0 Å². The fraction of sp³-hybridized carbons (Fsp3) is 0.188. The first-order valence-electron chi connectivity index (χ1n) is 6.69. The molecule has 0 heterocycles. The van der Waals surface area contributed by atoms with Gasteiger partial charge in [0.2, 0.25) is 0 Å². The highest BCUT2D eigenvalue weighted by Gasteiger charge is 2.16. The Morgan fingerprint density at radius 1 is 1.00 bits per heavy atom. The molecule has 116 valence electrons. The summed E-state index contributed by atoms with van der Waals surface area (Å²) in [7, 11) is -1.16. The van der Waals surface area contributed by atoms with E-state index in [0.29, 0.717) is 5.75 Å². The van der Waals surface area contributed by atoms with Gasteiger partial charge in [-0.15, -0.1) is 0 Å². The van der Waals surface area contributed by atoms with E-state index in [1.807, 2.05) is 30.3 Å². The minimum absolute atomic E-state index is 0.0893. The standard InChI is InChI=1S/C16H15F2NO2S/c17-13-7-4-8-14(18)15(13)16(20)19-9-10-22(21)11-12-5-2-1-3-6-12/h1-8H,9-11H2,(H,19,20). The molecular formula is C16H15F2NO2S. The number of amides is 1. The van der Waals surface area contributed by atoms with Crippen LogP contribution in [0.4, 0.5) is 8.78 Å². The van der Waals surface area contributed by atoms with Crippen LogP contribution in [-0.2, 0) is 16.6 Å². The fourth-order valence-corrected chi connectivity index (χ4v) is 2.95. The number of carbonyl (C=O) groups is 1. The number of hydrogen-bond acceptors (Lipinski definition) is 2. The topological polar surface area (TPSA) is 46.2 Å². The molecule has 6 heteroatoms. The van der Waals surface area contributed by atoms with E-state index in [1.165, 1.54) is 6.07 Å². The van der Waals surface area contributed by atoms with E-state index in [2.05, 4.69) is 5.32 Å². The van der Waals surface area contributed by atoms with Gasteiger partial charge in [-0.2, -0.15) is 0 Å². The summed E-state index contributed by atoms with van der Waals surface area (Å²) in [5.74, 6) is -2.07. The van der Waals surface area contributed by atoms with Crippen LogP contribution in [0.15, 0.2) is 48.5 Å². The summed E-state index contributed by atoms with van der Waals surface area (Å²) in [4.78, 5) is 11.7. The molecule has 0 aliphatic carbocycles. The molecule has 1 N–H and O–H groups in total. The number of hydrogen-bond donors (Lipinski definition) is 1. The van der Waals surface area contributed by atoms with Crippen molar-refractivity contribution in [2.24, 2.45) is 0 Å². The predicted octanol–water partition coefficient (Wildman–Crippen LogP) is 2.64. The molecule has 0 saturated carbocycles. The lowest BCUT2D eigenvalue weighted by Crippen LogP contribution is -2.29. The molecule has 2 rings (SSSR count). The third-order valence-corrected chi connectivity index (χ3v) is 4.29. The van der Waals surface area contributed by atoms with E-state index in [4.69, 9.17) is 0 Å². The molecule has 0 aromatic heterocycles. The molecule has 1 amide bonds. The van der Waals surface area contributed by atoms with Crippen molar-refractivity contribution in [2.75, 3.05) is 12.3 Å². The zero-order valence-corrected chi connectivity index (χ0v) is 12.5. The van der Waals surface area contributed by atoms with Crippen molar-refractivity contribution in [3.63, 3.8) is 0 Å². The Bertz CT molecular complexity index is 657. The molecule has 0 radical (unpaired) electrons. The Labute approximate surface area is 129 Å². The summed E-state index contributed by atoms with van der Waals surface area (Å²) in [6.45, 7) is 0.0893. The molecule has 0 bridgehead atoms. The second kappa shape index (κ2) is 7.79. The van der Waals surface area contributed by atoms with Crippen LogP contribution in [0.2, 0.25) is 0 Å². The molecule has 0 saturated heterocycles. The highest BCUT2D eigenvalue weighted by Crippen LogP contribution is 2.11. The van der Waals surface area contributed by atoms with Gasteiger partial charge in [-0.05, 0) is 17.7 Å². The van der Waals surface area contributed by atoms with E-state index in [1.54, 1.807) is 0 Å². The van der Waals surface area contributed by atoms with E-state index in [0.717, 1.165) is 17.7 Å².